The van der Waals surface area contributed by atoms with E-state index in [0.29, 0.717) is 0 Å². The van der Waals surface area contributed by atoms with Gasteiger partial charge in [0.05, 0.1) is 5.69 Å². The Hall–Kier alpha value is -0.830. The summed E-state index contributed by atoms with van der Waals surface area (Å²) in [6.45, 7) is 2.14. The minimum atomic E-state index is 0.189. The van der Waals surface area contributed by atoms with Crippen LogP contribution in [0, 0.1) is 5.92 Å². The first kappa shape index (κ1) is 10.7. The number of aromatic nitrogens is 2. The molecule has 3 nitrogen and oxygen atoms in total. The van der Waals surface area contributed by atoms with E-state index < -0.39 is 0 Å². The number of nitrogens with zero attached hydrogens (tertiary/aromatic N) is 2. The van der Waals surface area contributed by atoms with Gasteiger partial charge in [0.1, 0.15) is 0 Å². The Morgan fingerprint density at radius 2 is 2.33 bits per heavy atom. The van der Waals surface area contributed by atoms with Crippen molar-refractivity contribution in [1.29, 1.82) is 0 Å². The predicted octanol–water partition coefficient (Wildman–Crippen LogP) is 2.17. The average Bonchev–Trinajstić information content (AvgIpc) is 2.97. The smallest absolute Gasteiger partial charge is 0.0669 e. The van der Waals surface area contributed by atoms with Crippen LogP contribution >= 0.6 is 0 Å². The van der Waals surface area contributed by atoms with Crippen LogP contribution in [0.2, 0.25) is 0 Å². The first-order valence-electron chi connectivity index (χ1n) is 5.98. The zero-order valence-electron chi connectivity index (χ0n) is 9.74. The van der Waals surface area contributed by atoms with Gasteiger partial charge in [-0.2, -0.15) is 5.10 Å². The van der Waals surface area contributed by atoms with Gasteiger partial charge in [-0.3, -0.25) is 4.68 Å². The second-order valence-electron chi connectivity index (χ2n) is 4.69. The van der Waals surface area contributed by atoms with Crippen LogP contribution in [0.25, 0.3) is 0 Å². The summed E-state index contributed by atoms with van der Waals surface area (Å²) in [7, 11) is 1.97. The number of hydrogen-bond donors (Lipinski definition) is 1. The average molecular weight is 207 g/mol. The van der Waals surface area contributed by atoms with Crippen molar-refractivity contribution in [3.63, 3.8) is 0 Å². The highest BCUT2D eigenvalue weighted by Gasteiger charge is 2.23. The maximum Gasteiger partial charge on any atom is 0.0669 e. The molecule has 1 aromatic rings. The molecule has 84 valence electrons. The van der Waals surface area contributed by atoms with E-state index in [1.54, 1.807) is 0 Å². The predicted molar refractivity (Wildman–Crippen MR) is 61.5 cm³/mol. The molecule has 0 spiro atoms. The van der Waals surface area contributed by atoms with E-state index in [0.717, 1.165) is 18.8 Å². The van der Waals surface area contributed by atoms with Gasteiger partial charge in [0.15, 0.2) is 0 Å². The molecule has 2 N–H and O–H groups in total. The van der Waals surface area contributed by atoms with Crippen LogP contribution in [0.5, 0.6) is 0 Å². The minimum Gasteiger partial charge on any atom is -0.324 e. The molecule has 0 aliphatic heterocycles. The van der Waals surface area contributed by atoms with Crippen LogP contribution in [-0.4, -0.2) is 9.78 Å². The van der Waals surface area contributed by atoms with Gasteiger partial charge < -0.3 is 5.73 Å². The standard InChI is InChI=1S/C12H21N3/c1-3-12-10(8-15(2)14-12)11(13)7-6-9-4-5-9/h8-9,11H,3-7,13H2,1-2H3. The summed E-state index contributed by atoms with van der Waals surface area (Å²) < 4.78 is 1.88. The van der Waals surface area contributed by atoms with Gasteiger partial charge in [0, 0.05) is 24.8 Å². The van der Waals surface area contributed by atoms with Gasteiger partial charge in [0.2, 0.25) is 0 Å². The lowest BCUT2D eigenvalue weighted by Crippen LogP contribution is -2.11. The molecule has 2 rings (SSSR count). The lowest BCUT2D eigenvalue weighted by molar-refractivity contribution is 0.572. The molecule has 1 unspecified atom stereocenters. The minimum absolute atomic E-state index is 0.189. The molecule has 1 heterocycles. The van der Waals surface area contributed by atoms with E-state index in [1.807, 2.05) is 11.7 Å². The van der Waals surface area contributed by atoms with E-state index in [9.17, 15) is 0 Å². The van der Waals surface area contributed by atoms with Crippen molar-refractivity contribution in [2.45, 2.75) is 45.1 Å². The van der Waals surface area contributed by atoms with E-state index >= 15 is 0 Å². The number of nitrogens with two attached hydrogens (primary N) is 1. The quantitative estimate of drug-likeness (QED) is 0.804. The topological polar surface area (TPSA) is 43.8 Å². The van der Waals surface area contributed by atoms with Gasteiger partial charge >= 0.3 is 0 Å². The van der Waals surface area contributed by atoms with Gasteiger partial charge in [-0.25, -0.2) is 0 Å². The molecule has 1 atom stereocenters. The lowest BCUT2D eigenvalue weighted by Gasteiger charge is -2.10. The first-order chi connectivity index (χ1) is 7.20. The van der Waals surface area contributed by atoms with Crippen molar-refractivity contribution in [2.75, 3.05) is 0 Å². The molecule has 1 aliphatic rings. The van der Waals surface area contributed by atoms with Gasteiger partial charge in [-0.1, -0.05) is 19.8 Å². The van der Waals surface area contributed by atoms with E-state index in [4.69, 9.17) is 5.73 Å². The monoisotopic (exact) mass is 207 g/mol. The number of aryl methyl sites for hydroxylation is 2. The Bertz CT molecular complexity index is 326. The molecule has 0 radical (unpaired) electrons. The molecule has 0 aromatic carbocycles. The summed E-state index contributed by atoms with van der Waals surface area (Å²) in [5, 5.41) is 4.43. The summed E-state index contributed by atoms with van der Waals surface area (Å²) in [4.78, 5) is 0. The van der Waals surface area contributed by atoms with Crippen LogP contribution in [0.3, 0.4) is 0 Å². The molecule has 0 saturated heterocycles. The number of hydrogen-bond acceptors (Lipinski definition) is 2. The Kier molecular flexibility index (Phi) is 3.10. The molecule has 15 heavy (non-hydrogen) atoms. The Morgan fingerprint density at radius 1 is 1.60 bits per heavy atom. The summed E-state index contributed by atoms with van der Waals surface area (Å²) in [5.74, 6) is 0.970. The van der Waals surface area contributed by atoms with Crippen molar-refractivity contribution < 1.29 is 0 Å². The van der Waals surface area contributed by atoms with Crippen molar-refractivity contribution >= 4 is 0 Å². The van der Waals surface area contributed by atoms with Gasteiger partial charge in [0.25, 0.3) is 0 Å². The summed E-state index contributed by atoms with van der Waals surface area (Å²) >= 11 is 0. The van der Waals surface area contributed by atoms with Crippen molar-refractivity contribution in [3.8, 4) is 0 Å². The molecule has 3 heteroatoms. The van der Waals surface area contributed by atoms with E-state index in [-0.39, 0.29) is 6.04 Å². The summed E-state index contributed by atoms with van der Waals surface area (Å²) in [5.41, 5.74) is 8.63. The Balaban J connectivity index is 1.98. The SMILES string of the molecule is CCc1nn(C)cc1C(N)CCC1CC1. The van der Waals surface area contributed by atoms with Gasteiger partial charge in [-0.15, -0.1) is 0 Å². The maximum atomic E-state index is 6.21. The van der Waals surface area contributed by atoms with Crippen molar-refractivity contribution in [2.24, 2.45) is 18.7 Å². The van der Waals surface area contributed by atoms with E-state index in [1.165, 1.54) is 30.5 Å². The molecule has 0 amide bonds. The third-order valence-electron chi connectivity index (χ3n) is 3.25. The lowest BCUT2D eigenvalue weighted by atomic mass is 10.0. The zero-order chi connectivity index (χ0) is 10.8. The first-order valence-corrected chi connectivity index (χ1v) is 5.98. The third kappa shape index (κ3) is 2.59. The molecular weight excluding hydrogens is 186 g/mol. The highest BCUT2D eigenvalue weighted by molar-refractivity contribution is 5.21. The molecule has 1 aliphatic carbocycles. The van der Waals surface area contributed by atoms with E-state index in [2.05, 4.69) is 18.2 Å². The highest BCUT2D eigenvalue weighted by atomic mass is 15.3. The van der Waals surface area contributed by atoms with Crippen LogP contribution in [-0.2, 0) is 13.5 Å². The fourth-order valence-electron chi connectivity index (χ4n) is 2.11. The summed E-state index contributed by atoms with van der Waals surface area (Å²) in [6, 6.07) is 0.189. The molecule has 0 bridgehead atoms. The molecule has 1 fully saturated rings. The fourth-order valence-corrected chi connectivity index (χ4v) is 2.11. The Labute approximate surface area is 91.7 Å². The molecule has 1 saturated carbocycles. The molecular formula is C12H21N3. The maximum absolute atomic E-state index is 6.21. The van der Waals surface area contributed by atoms with Crippen LogP contribution in [0.15, 0.2) is 6.20 Å². The molecule has 1 aromatic heterocycles. The highest BCUT2D eigenvalue weighted by Crippen LogP contribution is 2.35. The van der Waals surface area contributed by atoms with Crippen molar-refractivity contribution in [3.05, 3.63) is 17.5 Å². The third-order valence-corrected chi connectivity index (χ3v) is 3.25. The second-order valence-corrected chi connectivity index (χ2v) is 4.69. The normalized spacial score (nSPS) is 18.1. The fraction of sp³-hybridized carbons (Fsp3) is 0.750. The van der Waals surface area contributed by atoms with Gasteiger partial charge in [-0.05, 0) is 25.2 Å². The van der Waals surface area contributed by atoms with Crippen LogP contribution in [0.4, 0.5) is 0 Å². The number of rotatable bonds is 5. The zero-order valence-corrected chi connectivity index (χ0v) is 9.74. The van der Waals surface area contributed by atoms with Crippen LogP contribution in [0.1, 0.15) is 49.9 Å². The largest absolute Gasteiger partial charge is 0.324 e. The Morgan fingerprint density at radius 3 is 2.93 bits per heavy atom. The summed E-state index contributed by atoms with van der Waals surface area (Å²) in [6.07, 6.45) is 8.30. The van der Waals surface area contributed by atoms with Crippen LogP contribution < -0.4 is 5.73 Å². The van der Waals surface area contributed by atoms with Crippen molar-refractivity contribution in [1.82, 2.24) is 9.78 Å². The second kappa shape index (κ2) is 4.35.